The monoisotopic (exact) mass is 734 g/mol. The summed E-state index contributed by atoms with van der Waals surface area (Å²) in [5.74, 6) is 0. The molecule has 268 valence electrons. The lowest BCUT2D eigenvalue weighted by Gasteiger charge is -2.39. The normalized spacial score (nSPS) is 11.7. The second-order valence-corrected chi connectivity index (χ2v) is 14.8. The van der Waals surface area contributed by atoms with Crippen molar-refractivity contribution in [2.45, 2.75) is 246 Å². The summed E-state index contributed by atoms with van der Waals surface area (Å²) in [5.41, 5.74) is 0. The lowest BCUT2D eigenvalue weighted by Crippen LogP contribution is -3.00. The van der Waals surface area contributed by atoms with E-state index in [1.165, 1.54) is 249 Å². The molecule has 0 radical (unpaired) electrons. The Balaban J connectivity index is 0. The van der Waals surface area contributed by atoms with Gasteiger partial charge in [0.1, 0.15) is 0 Å². The number of hydrogen-bond acceptors (Lipinski definition) is 0. The molecule has 0 unspecified atom stereocenters. The maximum absolute atomic E-state index is 2.38. The first kappa shape index (κ1) is 46.8. The molecule has 0 aromatic heterocycles. The molecule has 0 amide bonds. The molecule has 0 bridgehead atoms. The molecule has 0 aliphatic rings. The quantitative estimate of drug-likeness (QED) is 0.0337. The summed E-state index contributed by atoms with van der Waals surface area (Å²) in [6.07, 6.45) is 49.7. The van der Waals surface area contributed by atoms with Crippen molar-refractivity contribution in [2.24, 2.45) is 0 Å². The highest BCUT2D eigenvalue weighted by molar-refractivity contribution is 4.55. The first-order chi connectivity index (χ1) is 21.2. The van der Waals surface area contributed by atoms with Gasteiger partial charge in [0.25, 0.3) is 0 Å². The van der Waals surface area contributed by atoms with Crippen LogP contribution in [-0.2, 0) is 0 Å². The molecule has 0 atom stereocenters. The van der Waals surface area contributed by atoms with Crippen LogP contribution in [0.1, 0.15) is 246 Å². The molecule has 2 heteroatoms. The number of rotatable bonds is 38. The molecule has 0 heterocycles. The van der Waals surface area contributed by atoms with Crippen LogP contribution in [0.2, 0.25) is 0 Å². The highest BCUT2D eigenvalue weighted by Gasteiger charge is 2.25. The molecule has 44 heavy (non-hydrogen) atoms. The molecule has 0 N–H and O–H groups in total. The summed E-state index contributed by atoms with van der Waals surface area (Å²) in [5, 5.41) is 0. The Bertz CT molecular complexity index is 448. The van der Waals surface area contributed by atoms with Crippen molar-refractivity contribution in [1.29, 1.82) is 0 Å². The predicted molar refractivity (Wildman–Crippen MR) is 199 cm³/mol. The van der Waals surface area contributed by atoms with Gasteiger partial charge < -0.3 is 28.5 Å². The standard InChI is InChI=1S/C42H88N.HI/c1-5-9-13-15-17-19-21-23-25-27-29-31-33-37-41-43(39-35-11-7-3,40-36-12-8-4)42-38-34-32-30-28-26-24-22-20-18-16-14-10-6-2;/h5-42H2,1-4H3;1H/q+1;/p-1. The van der Waals surface area contributed by atoms with E-state index < -0.39 is 0 Å². The Kier molecular flexibility index (Phi) is 42.4. The van der Waals surface area contributed by atoms with Crippen LogP contribution in [0.4, 0.5) is 0 Å². The van der Waals surface area contributed by atoms with Crippen molar-refractivity contribution in [2.75, 3.05) is 26.2 Å². The molecule has 0 saturated carbocycles. The summed E-state index contributed by atoms with van der Waals surface area (Å²) < 4.78 is 1.47. The summed E-state index contributed by atoms with van der Waals surface area (Å²) >= 11 is 0. The van der Waals surface area contributed by atoms with Gasteiger partial charge in [-0.3, -0.25) is 0 Å². The third kappa shape index (κ3) is 34.0. The Hall–Kier alpha value is 0.690. The van der Waals surface area contributed by atoms with Crippen molar-refractivity contribution in [3.8, 4) is 0 Å². The Morgan fingerprint density at radius 2 is 0.341 bits per heavy atom. The highest BCUT2D eigenvalue weighted by Crippen LogP contribution is 2.20. The third-order valence-electron chi connectivity index (χ3n) is 10.4. The second-order valence-electron chi connectivity index (χ2n) is 14.8. The number of nitrogens with zero attached hydrogens (tertiary/aromatic N) is 1. The van der Waals surface area contributed by atoms with E-state index >= 15 is 0 Å². The van der Waals surface area contributed by atoms with Crippen LogP contribution in [0.3, 0.4) is 0 Å². The minimum absolute atomic E-state index is 0. The summed E-state index contributed by atoms with van der Waals surface area (Å²) in [6.45, 7) is 15.3. The van der Waals surface area contributed by atoms with E-state index in [9.17, 15) is 0 Å². The lowest BCUT2D eigenvalue weighted by atomic mass is 10.0. The van der Waals surface area contributed by atoms with Gasteiger partial charge in [0.15, 0.2) is 0 Å². The van der Waals surface area contributed by atoms with Gasteiger partial charge in [-0.2, -0.15) is 0 Å². The highest BCUT2D eigenvalue weighted by atomic mass is 127. The fraction of sp³-hybridized carbons (Fsp3) is 1.00. The van der Waals surface area contributed by atoms with Gasteiger partial charge in [0.05, 0.1) is 26.2 Å². The molecule has 0 saturated heterocycles. The molecule has 0 aliphatic heterocycles. The molecule has 0 aliphatic carbocycles. The SMILES string of the molecule is CCCCCCCCCCCCCCCC[N+](CCCCC)(CCCCC)CCCCCCCCCCCCCCCC.[I-]. The van der Waals surface area contributed by atoms with E-state index in [1.54, 1.807) is 0 Å². The van der Waals surface area contributed by atoms with Crippen LogP contribution in [0.15, 0.2) is 0 Å². The minimum atomic E-state index is 0. The molecule has 0 aromatic carbocycles. The van der Waals surface area contributed by atoms with Crippen molar-refractivity contribution in [3.63, 3.8) is 0 Å². The molecule has 0 aromatic rings. The first-order valence-corrected chi connectivity index (χ1v) is 21.1. The fourth-order valence-electron chi connectivity index (χ4n) is 7.35. The maximum atomic E-state index is 2.38. The third-order valence-corrected chi connectivity index (χ3v) is 10.4. The number of unbranched alkanes of at least 4 members (excludes halogenated alkanes) is 30. The number of halogens is 1. The van der Waals surface area contributed by atoms with Gasteiger partial charge in [-0.1, -0.05) is 195 Å². The summed E-state index contributed by atoms with van der Waals surface area (Å²) in [6, 6.07) is 0. The van der Waals surface area contributed by atoms with Crippen molar-refractivity contribution < 1.29 is 28.5 Å². The smallest absolute Gasteiger partial charge is 0.0786 e. The van der Waals surface area contributed by atoms with Gasteiger partial charge in [0, 0.05) is 0 Å². The van der Waals surface area contributed by atoms with Crippen LogP contribution < -0.4 is 24.0 Å². The Morgan fingerprint density at radius 3 is 0.545 bits per heavy atom. The zero-order valence-corrected chi connectivity index (χ0v) is 33.9. The molecule has 0 spiro atoms. The maximum Gasteiger partial charge on any atom is 0.0786 e. The zero-order chi connectivity index (χ0) is 31.4. The van der Waals surface area contributed by atoms with Gasteiger partial charge in [-0.15, -0.1) is 0 Å². The molecular weight excluding hydrogens is 645 g/mol. The lowest BCUT2D eigenvalue weighted by molar-refractivity contribution is -0.929. The molecule has 0 rings (SSSR count). The first-order valence-electron chi connectivity index (χ1n) is 21.1. The molecular formula is C42H88IN. The average Bonchev–Trinajstić information content (AvgIpc) is 3.01. The topological polar surface area (TPSA) is 0 Å². The minimum Gasteiger partial charge on any atom is -1.00 e. The van der Waals surface area contributed by atoms with E-state index in [0.717, 1.165) is 0 Å². The Labute approximate surface area is 299 Å². The average molecular weight is 734 g/mol. The second kappa shape index (κ2) is 39.9. The van der Waals surface area contributed by atoms with E-state index in [2.05, 4.69) is 27.7 Å². The van der Waals surface area contributed by atoms with E-state index in [-0.39, 0.29) is 24.0 Å². The largest absolute Gasteiger partial charge is 1.00 e. The molecule has 1 nitrogen and oxygen atoms in total. The number of hydrogen-bond donors (Lipinski definition) is 0. The van der Waals surface area contributed by atoms with E-state index in [4.69, 9.17) is 0 Å². The van der Waals surface area contributed by atoms with Gasteiger partial charge in [-0.25, -0.2) is 0 Å². The van der Waals surface area contributed by atoms with E-state index in [1.807, 2.05) is 0 Å². The van der Waals surface area contributed by atoms with Crippen LogP contribution in [0.25, 0.3) is 0 Å². The fourth-order valence-corrected chi connectivity index (χ4v) is 7.35. The van der Waals surface area contributed by atoms with Gasteiger partial charge in [0.2, 0.25) is 0 Å². The predicted octanol–water partition coefficient (Wildman–Crippen LogP) is 12.2. The zero-order valence-electron chi connectivity index (χ0n) is 31.7. The van der Waals surface area contributed by atoms with Crippen molar-refractivity contribution in [1.82, 2.24) is 0 Å². The van der Waals surface area contributed by atoms with Crippen LogP contribution >= 0.6 is 0 Å². The summed E-state index contributed by atoms with van der Waals surface area (Å²) in [4.78, 5) is 0. The van der Waals surface area contributed by atoms with E-state index in [0.29, 0.717) is 0 Å². The molecule has 0 fully saturated rings. The summed E-state index contributed by atoms with van der Waals surface area (Å²) in [7, 11) is 0. The van der Waals surface area contributed by atoms with Crippen molar-refractivity contribution >= 4 is 0 Å². The van der Waals surface area contributed by atoms with Crippen molar-refractivity contribution in [3.05, 3.63) is 0 Å². The van der Waals surface area contributed by atoms with Crippen LogP contribution in [0.5, 0.6) is 0 Å². The number of quaternary nitrogens is 1. The van der Waals surface area contributed by atoms with Gasteiger partial charge >= 0.3 is 0 Å². The van der Waals surface area contributed by atoms with Crippen LogP contribution in [-0.4, -0.2) is 30.7 Å². The van der Waals surface area contributed by atoms with Crippen LogP contribution in [0, 0.1) is 0 Å². The van der Waals surface area contributed by atoms with Gasteiger partial charge in [-0.05, 0) is 51.4 Å². The Morgan fingerprint density at radius 1 is 0.205 bits per heavy atom.